The van der Waals surface area contributed by atoms with Crippen molar-refractivity contribution >= 4 is 28.8 Å². The van der Waals surface area contributed by atoms with E-state index < -0.39 is 5.60 Å². The number of imide groups is 1. The van der Waals surface area contributed by atoms with Crippen molar-refractivity contribution in [2.45, 2.75) is 57.8 Å². The lowest BCUT2D eigenvalue weighted by Crippen LogP contribution is -2.43. The van der Waals surface area contributed by atoms with Gasteiger partial charge >= 0.3 is 0 Å². The lowest BCUT2D eigenvalue weighted by atomic mass is 9.87. The number of rotatable bonds is 8. The Labute approximate surface area is 238 Å². The molecule has 0 aliphatic carbocycles. The van der Waals surface area contributed by atoms with E-state index in [2.05, 4.69) is 12.2 Å². The van der Waals surface area contributed by atoms with Gasteiger partial charge in [-0.05, 0) is 81.3 Å². The maximum atomic E-state index is 12.6. The Morgan fingerprint density at radius 1 is 1.07 bits per heavy atom. The monoisotopic (exact) mass is 568 g/mol. The molecule has 3 aliphatic rings. The van der Waals surface area contributed by atoms with Crippen molar-refractivity contribution in [1.29, 1.82) is 0 Å². The average Bonchev–Trinajstić information content (AvgIpc) is 3.27. The minimum atomic E-state index is -0.511. The summed E-state index contributed by atoms with van der Waals surface area (Å²) < 4.78 is 24.2. The molecule has 1 N–H and O–H groups in total. The van der Waals surface area contributed by atoms with E-state index in [1.807, 2.05) is 45.0 Å². The number of nitrogens with one attached hydrogen (secondary N) is 1. The third-order valence-corrected chi connectivity index (χ3v) is 8.90. The molecular weight excluding hydrogens is 532 g/mol. The van der Waals surface area contributed by atoms with Gasteiger partial charge in [0, 0.05) is 18.7 Å². The van der Waals surface area contributed by atoms with Crippen LogP contribution in [-0.4, -0.2) is 72.3 Å². The molecule has 2 fully saturated rings. The fraction of sp³-hybridized carbons (Fsp3) is 0.500. The first kappa shape index (κ1) is 28.3. The Kier molecular flexibility index (Phi) is 8.28. The predicted octanol–water partition coefficient (Wildman–Crippen LogP) is 3.91. The number of carbonyl (C=O) groups is 3. The first-order valence-corrected chi connectivity index (χ1v) is 14.5. The number of ether oxygens (including phenoxy) is 4. The van der Waals surface area contributed by atoms with Crippen LogP contribution in [-0.2, 0) is 27.2 Å². The molecule has 0 saturated carbocycles. The Balaban J connectivity index is 1.21. The van der Waals surface area contributed by atoms with Gasteiger partial charge in [0.05, 0.1) is 18.5 Å². The van der Waals surface area contributed by atoms with Crippen molar-refractivity contribution in [3.8, 4) is 17.2 Å². The lowest BCUT2D eigenvalue weighted by Gasteiger charge is -2.38. The van der Waals surface area contributed by atoms with Crippen molar-refractivity contribution < 1.29 is 33.3 Å². The lowest BCUT2D eigenvalue weighted by molar-refractivity contribution is -0.137. The summed E-state index contributed by atoms with van der Waals surface area (Å²) in [6, 6.07) is 7.62. The van der Waals surface area contributed by atoms with E-state index in [9.17, 15) is 14.4 Å². The molecule has 214 valence electrons. The van der Waals surface area contributed by atoms with E-state index in [1.54, 1.807) is 4.90 Å². The normalized spacial score (nSPS) is 22.4. The number of morpholine rings is 1. The van der Waals surface area contributed by atoms with E-state index >= 15 is 0 Å². The second-order valence-electron chi connectivity index (χ2n) is 10.9. The molecule has 0 radical (unpaired) electrons. The van der Waals surface area contributed by atoms with Gasteiger partial charge < -0.3 is 23.8 Å². The highest BCUT2D eigenvalue weighted by molar-refractivity contribution is 8.15. The molecule has 0 spiro atoms. The quantitative estimate of drug-likeness (QED) is 0.512. The van der Waals surface area contributed by atoms with Gasteiger partial charge in [0.2, 0.25) is 5.91 Å². The van der Waals surface area contributed by atoms with Crippen LogP contribution < -0.4 is 19.5 Å². The van der Waals surface area contributed by atoms with Crippen molar-refractivity contribution in [3.05, 3.63) is 52.1 Å². The van der Waals surface area contributed by atoms with Gasteiger partial charge in [0.15, 0.2) is 6.61 Å². The highest BCUT2D eigenvalue weighted by Crippen LogP contribution is 2.44. The Hall–Kier alpha value is -3.24. The van der Waals surface area contributed by atoms with Crippen LogP contribution in [0.2, 0.25) is 0 Å². The molecule has 2 saturated heterocycles. The van der Waals surface area contributed by atoms with Crippen molar-refractivity contribution in [2.24, 2.45) is 0 Å². The van der Waals surface area contributed by atoms with Crippen LogP contribution in [0.25, 0.3) is 0 Å². The van der Waals surface area contributed by atoms with E-state index in [0.29, 0.717) is 39.3 Å². The largest absolute Gasteiger partial charge is 0.489 e. The number of hydrogen-bond donors (Lipinski definition) is 1. The summed E-state index contributed by atoms with van der Waals surface area (Å²) in [6.45, 7) is 10.9. The molecule has 3 heterocycles. The molecule has 0 bridgehead atoms. The van der Waals surface area contributed by atoms with Crippen molar-refractivity contribution in [3.63, 3.8) is 0 Å². The molecule has 2 aromatic rings. The molecular formula is C30H36N2O7S. The van der Waals surface area contributed by atoms with E-state index in [0.717, 1.165) is 69.7 Å². The van der Waals surface area contributed by atoms with Crippen LogP contribution >= 0.6 is 11.8 Å². The maximum Gasteiger partial charge on any atom is 0.286 e. The van der Waals surface area contributed by atoms with Crippen LogP contribution in [0.4, 0.5) is 4.79 Å². The molecule has 2 aromatic carbocycles. The molecule has 2 unspecified atom stereocenters. The Morgan fingerprint density at radius 2 is 1.80 bits per heavy atom. The smallest absolute Gasteiger partial charge is 0.286 e. The van der Waals surface area contributed by atoms with Crippen LogP contribution in [0.15, 0.2) is 24.3 Å². The minimum Gasteiger partial charge on any atom is -0.489 e. The summed E-state index contributed by atoms with van der Waals surface area (Å²) in [5.74, 6) is 2.09. The average molecular weight is 569 g/mol. The van der Waals surface area contributed by atoms with E-state index in [-0.39, 0.29) is 28.9 Å². The highest BCUT2D eigenvalue weighted by atomic mass is 32.2. The number of thioether (sulfide) groups is 1. The SMILES string of the molecule is Cc1c(C)c2c(c(C)c1OCC(=O)N1CCOCC1)CCC(C)(COc1ccc(CC3SC(=O)NC3=O)cc1)O2. The van der Waals surface area contributed by atoms with E-state index in [4.69, 9.17) is 18.9 Å². The fourth-order valence-electron chi connectivity index (χ4n) is 5.34. The Morgan fingerprint density at radius 3 is 2.48 bits per heavy atom. The third kappa shape index (κ3) is 6.07. The fourth-order valence-corrected chi connectivity index (χ4v) is 6.20. The number of hydrogen-bond acceptors (Lipinski definition) is 8. The standard InChI is InChI=1S/C30H36N2O7S/c1-18-19(2)27-23(20(3)26(18)37-16-25(33)32-11-13-36-14-12-32)9-10-30(4,39-27)17-38-22-7-5-21(6-8-22)15-24-28(34)31-29(35)40-24/h5-8,24H,9-17H2,1-4H3,(H,31,34,35). The number of benzene rings is 2. The van der Waals surface area contributed by atoms with Gasteiger partial charge in [-0.15, -0.1) is 0 Å². The zero-order valence-electron chi connectivity index (χ0n) is 23.5. The van der Waals surface area contributed by atoms with E-state index in [1.165, 1.54) is 0 Å². The molecule has 2 atom stereocenters. The molecule has 3 aliphatic heterocycles. The van der Waals surface area contributed by atoms with Crippen molar-refractivity contribution in [2.75, 3.05) is 39.5 Å². The third-order valence-electron chi connectivity index (χ3n) is 7.92. The second kappa shape index (κ2) is 11.7. The van der Waals surface area contributed by atoms with Gasteiger partial charge in [0.1, 0.15) is 29.5 Å². The van der Waals surface area contributed by atoms with Crippen LogP contribution in [0.3, 0.4) is 0 Å². The molecule has 10 heteroatoms. The summed E-state index contributed by atoms with van der Waals surface area (Å²) in [7, 11) is 0. The molecule has 40 heavy (non-hydrogen) atoms. The molecule has 9 nitrogen and oxygen atoms in total. The molecule has 3 amide bonds. The number of carbonyl (C=O) groups excluding carboxylic acids is 3. The maximum absolute atomic E-state index is 12.6. The highest BCUT2D eigenvalue weighted by Gasteiger charge is 2.36. The molecule has 0 aromatic heterocycles. The van der Waals surface area contributed by atoms with Gasteiger partial charge in [-0.3, -0.25) is 19.7 Å². The summed E-state index contributed by atoms with van der Waals surface area (Å²) in [4.78, 5) is 37.7. The first-order chi connectivity index (χ1) is 19.1. The van der Waals surface area contributed by atoms with Gasteiger partial charge in [-0.25, -0.2) is 0 Å². The topological polar surface area (TPSA) is 103 Å². The number of fused-ring (bicyclic) bond motifs is 1. The van der Waals surface area contributed by atoms with Gasteiger partial charge in [-0.2, -0.15) is 0 Å². The minimum absolute atomic E-state index is 0.00984. The predicted molar refractivity (Wildman–Crippen MR) is 151 cm³/mol. The van der Waals surface area contributed by atoms with Gasteiger partial charge in [0.25, 0.3) is 11.1 Å². The first-order valence-electron chi connectivity index (χ1n) is 13.7. The van der Waals surface area contributed by atoms with Crippen LogP contribution in [0.5, 0.6) is 17.2 Å². The zero-order valence-corrected chi connectivity index (χ0v) is 24.3. The number of nitrogens with zero attached hydrogens (tertiary/aromatic N) is 1. The number of amides is 3. The zero-order chi connectivity index (χ0) is 28.4. The van der Waals surface area contributed by atoms with Crippen molar-refractivity contribution in [1.82, 2.24) is 10.2 Å². The summed E-state index contributed by atoms with van der Waals surface area (Å²) in [5, 5.41) is 1.64. The summed E-state index contributed by atoms with van der Waals surface area (Å²) in [6.07, 6.45) is 2.08. The van der Waals surface area contributed by atoms with Crippen LogP contribution in [0.1, 0.15) is 41.2 Å². The van der Waals surface area contributed by atoms with Gasteiger partial charge in [-0.1, -0.05) is 23.9 Å². The van der Waals surface area contributed by atoms with Crippen LogP contribution in [0, 0.1) is 20.8 Å². The Bertz CT molecular complexity index is 1310. The summed E-state index contributed by atoms with van der Waals surface area (Å²) >= 11 is 1.03. The summed E-state index contributed by atoms with van der Waals surface area (Å²) in [5.41, 5.74) is 4.58. The second-order valence-corrected chi connectivity index (χ2v) is 12.0. The molecule has 5 rings (SSSR count).